The molecule has 7 heteroatoms. The molecule has 0 radical (unpaired) electrons. The number of hydrogen-bond donors (Lipinski definition) is 2. The molecule has 1 aromatic heterocycles. The third-order valence-electron chi connectivity index (χ3n) is 2.16. The Labute approximate surface area is 109 Å². The van der Waals surface area contributed by atoms with Gasteiger partial charge in [-0.05, 0) is 6.42 Å². The van der Waals surface area contributed by atoms with Crippen LogP contribution in [0.25, 0.3) is 0 Å². The van der Waals surface area contributed by atoms with Crippen LogP contribution in [0.15, 0.2) is 6.20 Å². The van der Waals surface area contributed by atoms with Crippen molar-refractivity contribution in [2.45, 2.75) is 19.4 Å². The lowest BCUT2D eigenvalue weighted by Gasteiger charge is -2.07. The Morgan fingerprint density at radius 2 is 2.56 bits per heavy atom. The number of carbonyl (C=O) groups excluding carboxylic acids is 1. The zero-order chi connectivity index (χ0) is 10.7. The number of thiazole rings is 1. The number of nitrogens with one attached hydrogen (secondary N) is 2. The van der Waals surface area contributed by atoms with Gasteiger partial charge in [0.2, 0.25) is 5.91 Å². The number of hydrogen-bond acceptors (Lipinski definition) is 5. The first-order valence-electron chi connectivity index (χ1n) is 4.86. The Kier molecular flexibility index (Phi) is 5.54. The number of aromatic nitrogens is 1. The normalized spacial score (nSPS) is 19.2. The average Bonchev–Trinajstić information content (AvgIpc) is 2.87. The first-order chi connectivity index (χ1) is 7.29. The molecule has 1 aliphatic rings. The SMILES string of the molecule is CCc1cnc(NC(=O)[C@H]2CSCN2)s1.Cl. The van der Waals surface area contributed by atoms with Crippen molar-refractivity contribution in [1.29, 1.82) is 0 Å². The van der Waals surface area contributed by atoms with Crippen molar-refractivity contribution in [3.05, 3.63) is 11.1 Å². The van der Waals surface area contributed by atoms with E-state index in [2.05, 4.69) is 22.5 Å². The summed E-state index contributed by atoms with van der Waals surface area (Å²) in [6.07, 6.45) is 2.78. The molecule has 1 fully saturated rings. The Balaban J connectivity index is 0.00000128. The fourth-order valence-electron chi connectivity index (χ4n) is 1.28. The molecular formula is C9H14ClN3OS2. The molecule has 1 amide bonds. The van der Waals surface area contributed by atoms with Gasteiger partial charge in [-0.2, -0.15) is 0 Å². The van der Waals surface area contributed by atoms with Gasteiger partial charge in [-0.25, -0.2) is 4.98 Å². The number of anilines is 1. The molecule has 1 aromatic rings. The van der Waals surface area contributed by atoms with Gasteiger partial charge < -0.3 is 5.32 Å². The molecule has 2 rings (SSSR count). The van der Waals surface area contributed by atoms with Crippen LogP contribution >= 0.6 is 35.5 Å². The molecule has 0 aromatic carbocycles. The maximum absolute atomic E-state index is 11.7. The van der Waals surface area contributed by atoms with Crippen LogP contribution in [0.5, 0.6) is 0 Å². The van der Waals surface area contributed by atoms with E-state index in [1.807, 2.05) is 6.20 Å². The minimum absolute atomic E-state index is 0. The summed E-state index contributed by atoms with van der Waals surface area (Å²) >= 11 is 3.28. The average molecular weight is 280 g/mol. The second-order valence-electron chi connectivity index (χ2n) is 3.25. The van der Waals surface area contributed by atoms with Crippen LogP contribution < -0.4 is 10.6 Å². The molecule has 0 unspecified atom stereocenters. The van der Waals surface area contributed by atoms with Crippen molar-refractivity contribution in [2.75, 3.05) is 16.9 Å². The highest BCUT2D eigenvalue weighted by Crippen LogP contribution is 2.19. The second-order valence-corrected chi connectivity index (χ2v) is 5.39. The zero-order valence-corrected chi connectivity index (χ0v) is 11.3. The summed E-state index contributed by atoms with van der Waals surface area (Å²) in [4.78, 5) is 17.0. The van der Waals surface area contributed by atoms with Crippen molar-refractivity contribution in [2.24, 2.45) is 0 Å². The number of thioether (sulfide) groups is 1. The van der Waals surface area contributed by atoms with Crippen molar-refractivity contribution < 1.29 is 4.79 Å². The number of halogens is 1. The van der Waals surface area contributed by atoms with Crippen LogP contribution in [0.3, 0.4) is 0 Å². The Hall–Kier alpha value is -0.300. The lowest BCUT2D eigenvalue weighted by atomic mass is 10.3. The number of carbonyl (C=O) groups is 1. The lowest BCUT2D eigenvalue weighted by Crippen LogP contribution is -2.37. The van der Waals surface area contributed by atoms with E-state index in [1.54, 1.807) is 23.1 Å². The van der Waals surface area contributed by atoms with Gasteiger partial charge in [-0.3, -0.25) is 10.1 Å². The van der Waals surface area contributed by atoms with Crippen molar-refractivity contribution >= 4 is 46.5 Å². The van der Waals surface area contributed by atoms with Crippen molar-refractivity contribution in [1.82, 2.24) is 10.3 Å². The van der Waals surface area contributed by atoms with Crippen LogP contribution in [-0.2, 0) is 11.2 Å². The third kappa shape index (κ3) is 3.35. The summed E-state index contributed by atoms with van der Waals surface area (Å²) in [5.74, 6) is 1.73. The summed E-state index contributed by atoms with van der Waals surface area (Å²) in [5, 5.41) is 6.66. The highest BCUT2D eigenvalue weighted by molar-refractivity contribution is 7.99. The van der Waals surface area contributed by atoms with Gasteiger partial charge in [0.1, 0.15) is 0 Å². The van der Waals surface area contributed by atoms with E-state index < -0.39 is 0 Å². The van der Waals surface area contributed by atoms with Gasteiger partial charge in [0.15, 0.2) is 5.13 Å². The standard InChI is InChI=1S/C9H13N3OS2.ClH/c1-2-6-3-10-9(15-6)12-8(13)7-4-14-5-11-7;/h3,7,11H,2,4-5H2,1H3,(H,10,12,13);1H/t7-;/m1./s1. The van der Waals surface area contributed by atoms with Crippen LogP contribution in [0.1, 0.15) is 11.8 Å². The van der Waals surface area contributed by atoms with E-state index in [0.717, 1.165) is 18.1 Å². The first kappa shape index (κ1) is 13.8. The Bertz CT molecular complexity index is 352. The Morgan fingerprint density at radius 1 is 1.75 bits per heavy atom. The van der Waals surface area contributed by atoms with Gasteiger partial charge in [-0.1, -0.05) is 6.92 Å². The topological polar surface area (TPSA) is 54.0 Å². The van der Waals surface area contributed by atoms with Crippen molar-refractivity contribution in [3.63, 3.8) is 0 Å². The largest absolute Gasteiger partial charge is 0.301 e. The number of rotatable bonds is 3. The second kappa shape index (κ2) is 6.44. The smallest absolute Gasteiger partial charge is 0.244 e. The van der Waals surface area contributed by atoms with Crippen molar-refractivity contribution in [3.8, 4) is 0 Å². The molecule has 90 valence electrons. The summed E-state index contributed by atoms with van der Waals surface area (Å²) in [7, 11) is 0. The molecule has 1 aliphatic heterocycles. The molecule has 0 bridgehead atoms. The van der Waals surface area contributed by atoms with E-state index in [1.165, 1.54) is 4.88 Å². The molecule has 4 nitrogen and oxygen atoms in total. The monoisotopic (exact) mass is 279 g/mol. The molecule has 1 saturated heterocycles. The predicted molar refractivity (Wildman–Crippen MR) is 71.6 cm³/mol. The van der Waals surface area contributed by atoms with Crippen LogP contribution in [0.2, 0.25) is 0 Å². The maximum atomic E-state index is 11.7. The summed E-state index contributed by atoms with van der Waals surface area (Å²) in [6, 6.07) is -0.0658. The van der Waals surface area contributed by atoms with E-state index in [0.29, 0.717) is 5.13 Å². The van der Waals surface area contributed by atoms with Crippen LogP contribution in [0.4, 0.5) is 5.13 Å². The molecule has 2 heterocycles. The number of amides is 1. The predicted octanol–water partition coefficient (Wildman–Crippen LogP) is 1.73. The van der Waals surface area contributed by atoms with E-state index in [-0.39, 0.29) is 24.4 Å². The van der Waals surface area contributed by atoms with E-state index in [4.69, 9.17) is 0 Å². The minimum atomic E-state index is -0.0658. The van der Waals surface area contributed by atoms with E-state index >= 15 is 0 Å². The maximum Gasteiger partial charge on any atom is 0.244 e. The minimum Gasteiger partial charge on any atom is -0.301 e. The van der Waals surface area contributed by atoms with Crippen LogP contribution in [-0.4, -0.2) is 28.6 Å². The van der Waals surface area contributed by atoms with Gasteiger partial charge in [0.05, 0.1) is 6.04 Å². The fourth-order valence-corrected chi connectivity index (χ4v) is 2.98. The van der Waals surface area contributed by atoms with Gasteiger partial charge in [-0.15, -0.1) is 35.5 Å². The third-order valence-corrected chi connectivity index (χ3v) is 4.16. The molecule has 1 atom stereocenters. The van der Waals surface area contributed by atoms with Gasteiger partial charge in [0.25, 0.3) is 0 Å². The highest BCUT2D eigenvalue weighted by atomic mass is 35.5. The van der Waals surface area contributed by atoms with E-state index in [9.17, 15) is 4.79 Å². The highest BCUT2D eigenvalue weighted by Gasteiger charge is 2.22. The molecule has 2 N–H and O–H groups in total. The number of aryl methyl sites for hydroxylation is 1. The molecule has 16 heavy (non-hydrogen) atoms. The summed E-state index contributed by atoms with van der Waals surface area (Å²) in [6.45, 7) is 2.08. The number of nitrogens with zero attached hydrogens (tertiary/aromatic N) is 1. The van der Waals surface area contributed by atoms with Gasteiger partial charge in [0, 0.05) is 22.7 Å². The quantitative estimate of drug-likeness (QED) is 0.885. The van der Waals surface area contributed by atoms with Crippen LogP contribution in [0, 0.1) is 0 Å². The molecule has 0 spiro atoms. The molecule has 0 saturated carbocycles. The summed E-state index contributed by atoms with van der Waals surface area (Å²) in [5.41, 5.74) is 0. The fraction of sp³-hybridized carbons (Fsp3) is 0.556. The van der Waals surface area contributed by atoms with Gasteiger partial charge >= 0.3 is 0 Å². The first-order valence-corrected chi connectivity index (χ1v) is 6.83. The lowest BCUT2D eigenvalue weighted by molar-refractivity contribution is -0.117. The summed E-state index contributed by atoms with van der Waals surface area (Å²) < 4.78 is 0. The molecular weight excluding hydrogens is 266 g/mol. The zero-order valence-electron chi connectivity index (χ0n) is 8.86. The molecule has 0 aliphatic carbocycles. The Morgan fingerprint density at radius 3 is 3.12 bits per heavy atom.